The minimum Gasteiger partial charge on any atom is -0.326 e. The normalized spacial score (nSPS) is 26.1. The summed E-state index contributed by atoms with van der Waals surface area (Å²) in [5, 5.41) is 12.1. The molecule has 82 valence electrons. The molecule has 1 N–H and O–H groups in total. The van der Waals surface area contributed by atoms with Gasteiger partial charge in [-0.15, -0.1) is 0 Å². The number of carbonyl (C=O) groups excluding carboxylic acids is 1. The molecule has 4 nitrogen and oxygen atoms in total. The summed E-state index contributed by atoms with van der Waals surface area (Å²) in [6, 6.07) is 2.55. The summed E-state index contributed by atoms with van der Waals surface area (Å²) in [5.74, 6) is 0.0888. The van der Waals surface area contributed by atoms with E-state index >= 15 is 0 Å². The van der Waals surface area contributed by atoms with Crippen LogP contribution in [0.5, 0.6) is 0 Å². The number of nitrogens with zero attached hydrogens (tertiary/aromatic N) is 2. The van der Waals surface area contributed by atoms with Gasteiger partial charge in [0.15, 0.2) is 0 Å². The van der Waals surface area contributed by atoms with Crippen LogP contribution in [0, 0.1) is 11.3 Å². The molecule has 0 unspecified atom stereocenters. The Bertz CT molecular complexity index is 280. The summed E-state index contributed by atoms with van der Waals surface area (Å²) in [6.45, 7) is 1.16. The Labute approximate surface area is 90.2 Å². The quantitative estimate of drug-likeness (QED) is 0.739. The van der Waals surface area contributed by atoms with Gasteiger partial charge < -0.3 is 10.2 Å². The molecule has 0 aromatic rings. The fourth-order valence-electron chi connectivity index (χ4n) is 2.14. The van der Waals surface area contributed by atoms with Crippen molar-refractivity contribution in [3.63, 3.8) is 0 Å². The highest BCUT2D eigenvalue weighted by atomic mass is 16.2. The molecular weight excluding hydrogens is 190 g/mol. The van der Waals surface area contributed by atoms with E-state index in [1.807, 2.05) is 0 Å². The lowest BCUT2D eigenvalue weighted by atomic mass is 9.93. The smallest absolute Gasteiger partial charge is 0.237 e. The zero-order valence-corrected chi connectivity index (χ0v) is 8.91. The summed E-state index contributed by atoms with van der Waals surface area (Å²) in [7, 11) is 0. The predicted octanol–water partition coefficient (Wildman–Crippen LogP) is 0.643. The third kappa shape index (κ3) is 2.29. The van der Waals surface area contributed by atoms with Gasteiger partial charge in [0.25, 0.3) is 0 Å². The summed E-state index contributed by atoms with van der Waals surface area (Å²) in [5.41, 5.74) is 0. The van der Waals surface area contributed by atoms with Gasteiger partial charge in [0, 0.05) is 12.6 Å². The highest BCUT2D eigenvalue weighted by Crippen LogP contribution is 2.19. The molecule has 1 heterocycles. The molecule has 1 saturated carbocycles. The van der Waals surface area contributed by atoms with Crippen LogP contribution >= 0.6 is 0 Å². The van der Waals surface area contributed by atoms with Gasteiger partial charge >= 0.3 is 0 Å². The molecule has 2 rings (SSSR count). The van der Waals surface area contributed by atoms with Crippen LogP contribution in [0.3, 0.4) is 0 Å². The van der Waals surface area contributed by atoms with Gasteiger partial charge in [0.2, 0.25) is 5.91 Å². The summed E-state index contributed by atoms with van der Waals surface area (Å²) in [6.07, 6.45) is 5.46. The third-order valence-electron chi connectivity index (χ3n) is 3.37. The van der Waals surface area contributed by atoms with Crippen molar-refractivity contribution in [3.8, 4) is 6.07 Å². The number of carbonyl (C=O) groups is 1. The van der Waals surface area contributed by atoms with E-state index in [1.54, 1.807) is 4.90 Å². The van der Waals surface area contributed by atoms with Crippen molar-refractivity contribution in [2.45, 2.75) is 44.2 Å². The lowest BCUT2D eigenvalue weighted by Crippen LogP contribution is -2.45. The van der Waals surface area contributed by atoms with Crippen LogP contribution < -0.4 is 5.32 Å². The van der Waals surface area contributed by atoms with E-state index < -0.39 is 0 Å². The van der Waals surface area contributed by atoms with E-state index in [1.165, 1.54) is 19.3 Å². The second kappa shape index (κ2) is 4.63. The van der Waals surface area contributed by atoms with Crippen LogP contribution in [0.1, 0.15) is 32.1 Å². The summed E-state index contributed by atoms with van der Waals surface area (Å²) in [4.78, 5) is 13.5. The van der Waals surface area contributed by atoms with Crippen molar-refractivity contribution < 1.29 is 4.79 Å². The van der Waals surface area contributed by atoms with Gasteiger partial charge in [0.05, 0.1) is 12.6 Å². The third-order valence-corrected chi connectivity index (χ3v) is 3.37. The van der Waals surface area contributed by atoms with Crippen molar-refractivity contribution in [2.75, 3.05) is 13.1 Å². The van der Waals surface area contributed by atoms with E-state index in [2.05, 4.69) is 11.4 Å². The molecule has 1 atom stereocenters. The Morgan fingerprint density at radius 3 is 2.80 bits per heavy atom. The lowest BCUT2D eigenvalue weighted by molar-refractivity contribution is -0.130. The Morgan fingerprint density at radius 1 is 1.40 bits per heavy atom. The molecule has 2 aliphatic rings. The molecule has 0 aromatic carbocycles. The van der Waals surface area contributed by atoms with Crippen molar-refractivity contribution in [1.82, 2.24) is 10.2 Å². The number of rotatable bonds is 3. The minimum absolute atomic E-state index is 0.0888. The maximum atomic E-state index is 11.8. The first kappa shape index (κ1) is 10.4. The van der Waals surface area contributed by atoms with Gasteiger partial charge in [-0.25, -0.2) is 0 Å². The number of hydrogen-bond acceptors (Lipinski definition) is 3. The van der Waals surface area contributed by atoms with Crippen molar-refractivity contribution in [1.29, 1.82) is 5.26 Å². The van der Waals surface area contributed by atoms with E-state index in [9.17, 15) is 4.79 Å². The van der Waals surface area contributed by atoms with Gasteiger partial charge in [-0.1, -0.05) is 6.42 Å². The zero-order valence-electron chi connectivity index (χ0n) is 8.91. The monoisotopic (exact) mass is 207 g/mol. The molecule has 0 spiro atoms. The van der Waals surface area contributed by atoms with E-state index in [4.69, 9.17) is 5.26 Å². The molecule has 0 aromatic heterocycles. The van der Waals surface area contributed by atoms with Crippen LogP contribution in [0.2, 0.25) is 0 Å². The maximum Gasteiger partial charge on any atom is 0.237 e. The van der Waals surface area contributed by atoms with Crippen LogP contribution in [0.4, 0.5) is 0 Å². The topological polar surface area (TPSA) is 56.1 Å². The second-order valence-corrected chi connectivity index (χ2v) is 4.38. The van der Waals surface area contributed by atoms with Crippen molar-refractivity contribution in [3.05, 3.63) is 0 Å². The molecule has 0 radical (unpaired) electrons. The second-order valence-electron chi connectivity index (χ2n) is 4.38. The number of amides is 1. The fourth-order valence-corrected chi connectivity index (χ4v) is 2.14. The number of nitriles is 1. The molecule has 0 bridgehead atoms. The molecule has 4 heteroatoms. The SMILES string of the molecule is N#C[C@@H]1CCCN1C(=O)CNC1CCC1. The molecule has 1 aliphatic carbocycles. The zero-order chi connectivity index (χ0) is 10.7. The maximum absolute atomic E-state index is 11.8. The average Bonchev–Trinajstić information content (AvgIpc) is 2.62. The van der Waals surface area contributed by atoms with E-state index in [0.29, 0.717) is 12.6 Å². The minimum atomic E-state index is -0.180. The van der Waals surface area contributed by atoms with Crippen LogP contribution in [0.15, 0.2) is 0 Å². The molecule has 15 heavy (non-hydrogen) atoms. The first-order valence-electron chi connectivity index (χ1n) is 5.73. The van der Waals surface area contributed by atoms with Crippen molar-refractivity contribution >= 4 is 5.91 Å². The van der Waals surface area contributed by atoms with Gasteiger partial charge in [-0.2, -0.15) is 5.26 Å². The lowest BCUT2D eigenvalue weighted by Gasteiger charge is -2.28. The average molecular weight is 207 g/mol. The molecule has 1 saturated heterocycles. The first-order valence-corrected chi connectivity index (χ1v) is 5.73. The largest absolute Gasteiger partial charge is 0.326 e. The van der Waals surface area contributed by atoms with E-state index in [-0.39, 0.29) is 11.9 Å². The Balaban J connectivity index is 1.76. The van der Waals surface area contributed by atoms with Gasteiger partial charge in [-0.05, 0) is 25.7 Å². The number of likely N-dealkylation sites (tertiary alicyclic amines) is 1. The number of nitrogens with one attached hydrogen (secondary N) is 1. The Hall–Kier alpha value is -1.08. The summed E-state index contributed by atoms with van der Waals surface area (Å²) < 4.78 is 0. The highest BCUT2D eigenvalue weighted by Gasteiger charge is 2.28. The first-order chi connectivity index (χ1) is 7.31. The molecular formula is C11H17N3O. The van der Waals surface area contributed by atoms with Crippen molar-refractivity contribution in [2.24, 2.45) is 0 Å². The van der Waals surface area contributed by atoms with Crippen LogP contribution in [0.25, 0.3) is 0 Å². The van der Waals surface area contributed by atoms with Crippen LogP contribution in [-0.2, 0) is 4.79 Å². The van der Waals surface area contributed by atoms with Crippen LogP contribution in [-0.4, -0.2) is 36.0 Å². The van der Waals surface area contributed by atoms with E-state index in [0.717, 1.165) is 19.4 Å². The molecule has 1 amide bonds. The summed E-state index contributed by atoms with van der Waals surface area (Å²) >= 11 is 0. The molecule has 1 aliphatic heterocycles. The fraction of sp³-hybridized carbons (Fsp3) is 0.818. The predicted molar refractivity (Wildman–Crippen MR) is 56.0 cm³/mol. The molecule has 2 fully saturated rings. The highest BCUT2D eigenvalue weighted by molar-refractivity contribution is 5.79. The Morgan fingerprint density at radius 2 is 2.20 bits per heavy atom. The van der Waals surface area contributed by atoms with Gasteiger partial charge in [0.1, 0.15) is 6.04 Å². The Kier molecular flexibility index (Phi) is 3.22. The number of hydrogen-bond donors (Lipinski definition) is 1. The van der Waals surface area contributed by atoms with Gasteiger partial charge in [-0.3, -0.25) is 4.79 Å². The standard InChI is InChI=1S/C11H17N3O/c12-7-10-5-2-6-14(10)11(15)8-13-9-3-1-4-9/h9-10,13H,1-6,8H2/t10-/m0/s1.